The van der Waals surface area contributed by atoms with Crippen LogP contribution in [0.5, 0.6) is 0 Å². The number of hydrogen-bond acceptors (Lipinski definition) is 4. The van der Waals surface area contributed by atoms with Crippen molar-refractivity contribution in [2.24, 2.45) is 0 Å². The molecule has 1 aromatic heterocycles. The lowest BCUT2D eigenvalue weighted by Crippen LogP contribution is -2.35. The van der Waals surface area contributed by atoms with Gasteiger partial charge in [-0.1, -0.05) is 51.8 Å². The summed E-state index contributed by atoms with van der Waals surface area (Å²) in [7, 11) is 0. The van der Waals surface area contributed by atoms with E-state index in [1.807, 2.05) is 48.5 Å². The maximum Gasteiger partial charge on any atom is 0.230 e. The Kier molecular flexibility index (Phi) is 7.03. The number of thiocarbonyl (C=S) groups is 1. The molecule has 4 aromatic rings. The van der Waals surface area contributed by atoms with Gasteiger partial charge < -0.3 is 10.6 Å². The van der Waals surface area contributed by atoms with Crippen LogP contribution in [0.25, 0.3) is 20.8 Å². The number of carbonyl (C=O) groups excluding carboxylic acids is 1. The third-order valence-corrected chi connectivity index (χ3v) is 6.96. The van der Waals surface area contributed by atoms with E-state index in [1.165, 1.54) is 0 Å². The number of para-hydroxylation sites is 1. The van der Waals surface area contributed by atoms with Crippen LogP contribution in [0.4, 0.5) is 5.69 Å². The Morgan fingerprint density at radius 3 is 2.58 bits per heavy atom. The van der Waals surface area contributed by atoms with E-state index in [2.05, 4.69) is 42.5 Å². The molecule has 9 heteroatoms. The molecule has 0 unspecified atom stereocenters. The minimum Gasteiger partial charge on any atom is -0.331 e. The SMILES string of the molecule is O=C(Cc1ccc(Cl)cc1)NC(=S)Nc1c(Br)cc(Br)cc1-c1nc2ccccc2s1. The maximum absolute atomic E-state index is 12.4. The second-order valence-electron chi connectivity index (χ2n) is 6.60. The van der Waals surface area contributed by atoms with Crippen LogP contribution in [-0.4, -0.2) is 16.0 Å². The highest BCUT2D eigenvalue weighted by molar-refractivity contribution is 9.11. The predicted octanol–water partition coefficient (Wildman–Crippen LogP) is 7.20. The van der Waals surface area contributed by atoms with Gasteiger partial charge in [0.15, 0.2) is 5.11 Å². The highest BCUT2D eigenvalue weighted by Gasteiger charge is 2.16. The van der Waals surface area contributed by atoms with E-state index >= 15 is 0 Å². The van der Waals surface area contributed by atoms with Gasteiger partial charge in [-0.15, -0.1) is 11.3 Å². The molecule has 0 saturated carbocycles. The Labute approximate surface area is 210 Å². The summed E-state index contributed by atoms with van der Waals surface area (Å²) in [5, 5.41) is 7.58. The van der Waals surface area contributed by atoms with E-state index in [9.17, 15) is 4.79 Å². The Morgan fingerprint density at radius 2 is 1.84 bits per heavy atom. The minimum absolute atomic E-state index is 0.200. The molecule has 0 saturated heterocycles. The van der Waals surface area contributed by atoms with Crippen molar-refractivity contribution in [2.45, 2.75) is 6.42 Å². The van der Waals surface area contributed by atoms with Gasteiger partial charge in [-0.05, 0) is 70.1 Å². The van der Waals surface area contributed by atoms with Crippen LogP contribution in [0.15, 0.2) is 69.6 Å². The molecule has 156 valence electrons. The number of aromatic nitrogens is 1. The molecule has 0 spiro atoms. The summed E-state index contributed by atoms with van der Waals surface area (Å²) < 4.78 is 2.79. The number of benzene rings is 3. The van der Waals surface area contributed by atoms with Gasteiger partial charge in [-0.3, -0.25) is 4.79 Å². The smallest absolute Gasteiger partial charge is 0.230 e. The first-order valence-corrected chi connectivity index (χ1v) is 12.3. The lowest BCUT2D eigenvalue weighted by atomic mass is 10.1. The lowest BCUT2D eigenvalue weighted by molar-refractivity contribution is -0.119. The number of amides is 1. The molecule has 4 rings (SSSR count). The van der Waals surface area contributed by atoms with Crippen molar-refractivity contribution in [1.29, 1.82) is 0 Å². The van der Waals surface area contributed by atoms with E-state index in [0.29, 0.717) is 5.02 Å². The van der Waals surface area contributed by atoms with Crippen LogP contribution in [0.2, 0.25) is 5.02 Å². The fraction of sp³-hybridized carbons (Fsp3) is 0.0455. The van der Waals surface area contributed by atoms with Crippen molar-refractivity contribution in [2.75, 3.05) is 5.32 Å². The van der Waals surface area contributed by atoms with Gasteiger partial charge in [-0.25, -0.2) is 4.98 Å². The van der Waals surface area contributed by atoms with Crippen molar-refractivity contribution < 1.29 is 4.79 Å². The maximum atomic E-state index is 12.4. The molecule has 2 N–H and O–H groups in total. The van der Waals surface area contributed by atoms with Crippen LogP contribution < -0.4 is 10.6 Å². The number of carbonyl (C=O) groups is 1. The normalized spacial score (nSPS) is 10.8. The standard InChI is InChI=1S/C22H14Br2ClN3OS2/c23-13-10-15(21-26-17-3-1-2-4-18(17)31-21)20(16(24)11-13)28-22(30)27-19(29)9-12-5-7-14(25)8-6-12/h1-8,10-11H,9H2,(H2,27,28,29,30). The number of nitrogens with zero attached hydrogens (tertiary/aromatic N) is 1. The number of hydrogen-bond donors (Lipinski definition) is 2. The van der Waals surface area contributed by atoms with Gasteiger partial charge in [0.05, 0.1) is 22.3 Å². The molecule has 31 heavy (non-hydrogen) atoms. The molecular formula is C22H14Br2ClN3OS2. The highest BCUT2D eigenvalue weighted by Crippen LogP contribution is 2.40. The Balaban J connectivity index is 1.55. The summed E-state index contributed by atoms with van der Waals surface area (Å²) >= 11 is 20.0. The number of halogens is 3. The van der Waals surface area contributed by atoms with Crippen molar-refractivity contribution in [3.8, 4) is 10.6 Å². The zero-order valence-corrected chi connectivity index (χ0v) is 21.3. The second kappa shape index (κ2) is 9.75. The quantitative estimate of drug-likeness (QED) is 0.245. The largest absolute Gasteiger partial charge is 0.331 e. The van der Waals surface area contributed by atoms with Crippen LogP contribution >= 0.6 is 67.0 Å². The fourth-order valence-corrected chi connectivity index (χ4v) is 5.61. The van der Waals surface area contributed by atoms with Crippen molar-refractivity contribution in [3.63, 3.8) is 0 Å². The second-order valence-corrected chi connectivity index (χ2v) is 10.2. The van der Waals surface area contributed by atoms with Gasteiger partial charge in [0.2, 0.25) is 5.91 Å². The van der Waals surface area contributed by atoms with Crippen molar-refractivity contribution in [3.05, 3.63) is 80.2 Å². The summed E-state index contributed by atoms with van der Waals surface area (Å²) in [5.74, 6) is -0.213. The predicted molar refractivity (Wildman–Crippen MR) is 140 cm³/mol. The van der Waals surface area contributed by atoms with Gasteiger partial charge in [-0.2, -0.15) is 0 Å². The molecule has 0 aliphatic carbocycles. The minimum atomic E-state index is -0.213. The van der Waals surface area contributed by atoms with E-state index < -0.39 is 0 Å². The zero-order chi connectivity index (χ0) is 22.0. The summed E-state index contributed by atoms with van der Waals surface area (Å²) in [6, 6.07) is 19.0. The molecule has 0 fully saturated rings. The fourth-order valence-electron chi connectivity index (χ4n) is 2.96. The third-order valence-electron chi connectivity index (χ3n) is 4.35. The molecule has 1 amide bonds. The average Bonchev–Trinajstić information content (AvgIpc) is 3.15. The summed E-state index contributed by atoms with van der Waals surface area (Å²) in [6.45, 7) is 0. The van der Waals surface area contributed by atoms with E-state index in [-0.39, 0.29) is 17.4 Å². The molecule has 0 atom stereocenters. The first kappa shape index (κ1) is 22.4. The van der Waals surface area contributed by atoms with Crippen LogP contribution in [-0.2, 0) is 11.2 Å². The van der Waals surface area contributed by atoms with Crippen LogP contribution in [0.1, 0.15) is 5.56 Å². The monoisotopic (exact) mass is 593 g/mol. The van der Waals surface area contributed by atoms with Gasteiger partial charge in [0.25, 0.3) is 0 Å². The van der Waals surface area contributed by atoms with Crippen LogP contribution in [0, 0.1) is 0 Å². The van der Waals surface area contributed by atoms with Crippen LogP contribution in [0.3, 0.4) is 0 Å². The number of rotatable bonds is 4. The summed E-state index contributed by atoms with van der Waals surface area (Å²) in [5.41, 5.74) is 3.39. The molecule has 3 aromatic carbocycles. The molecule has 0 aliphatic heterocycles. The Bertz CT molecular complexity index is 1260. The van der Waals surface area contributed by atoms with Gasteiger partial charge in [0, 0.05) is 19.5 Å². The Hall–Kier alpha value is -1.84. The van der Waals surface area contributed by atoms with Crippen molar-refractivity contribution in [1.82, 2.24) is 10.3 Å². The molecule has 0 radical (unpaired) electrons. The zero-order valence-electron chi connectivity index (χ0n) is 15.8. The summed E-state index contributed by atoms with van der Waals surface area (Å²) in [4.78, 5) is 17.2. The number of fused-ring (bicyclic) bond motifs is 1. The third kappa shape index (κ3) is 5.51. The first-order valence-electron chi connectivity index (χ1n) is 9.09. The topological polar surface area (TPSA) is 54.0 Å². The Morgan fingerprint density at radius 1 is 1.10 bits per heavy atom. The molecule has 0 aliphatic rings. The highest BCUT2D eigenvalue weighted by atomic mass is 79.9. The summed E-state index contributed by atoms with van der Waals surface area (Å²) in [6.07, 6.45) is 0.200. The van der Waals surface area contributed by atoms with Crippen molar-refractivity contribution >= 4 is 93.9 Å². The molecule has 4 nitrogen and oxygen atoms in total. The lowest BCUT2D eigenvalue weighted by Gasteiger charge is -2.15. The first-order chi connectivity index (χ1) is 14.9. The van der Waals surface area contributed by atoms with Gasteiger partial charge >= 0.3 is 0 Å². The van der Waals surface area contributed by atoms with E-state index in [4.69, 9.17) is 28.8 Å². The molecule has 1 heterocycles. The van der Waals surface area contributed by atoms with Gasteiger partial charge in [0.1, 0.15) is 5.01 Å². The average molecular weight is 596 g/mol. The van der Waals surface area contributed by atoms with E-state index in [0.717, 1.165) is 41.0 Å². The molecule has 0 bridgehead atoms. The molecular weight excluding hydrogens is 582 g/mol. The van der Waals surface area contributed by atoms with E-state index in [1.54, 1.807) is 23.5 Å². The number of nitrogens with one attached hydrogen (secondary N) is 2. The number of anilines is 1. The number of thiazole rings is 1.